The van der Waals surface area contributed by atoms with E-state index in [2.05, 4.69) is 5.16 Å². The molecule has 0 bridgehead atoms. The Morgan fingerprint density at radius 3 is 3.14 bits per heavy atom. The van der Waals surface area contributed by atoms with E-state index in [1.54, 1.807) is 13.0 Å². The summed E-state index contributed by atoms with van der Waals surface area (Å²) in [5, 5.41) is 3.60. The molecule has 0 aliphatic heterocycles. The molecule has 0 aliphatic carbocycles. The molecule has 2 N–H and O–H groups in total. The molecule has 14 heavy (non-hydrogen) atoms. The van der Waals surface area contributed by atoms with Crippen molar-refractivity contribution < 1.29 is 14.1 Å². The van der Waals surface area contributed by atoms with Crippen molar-refractivity contribution in [1.29, 1.82) is 0 Å². The predicted octanol–water partition coefficient (Wildman–Crippen LogP) is 0.743. The maximum Gasteiger partial charge on any atom is 0.360 e. The van der Waals surface area contributed by atoms with E-state index in [4.69, 9.17) is 15.0 Å². The number of hydrogen-bond donors (Lipinski definition) is 1. The molecule has 0 aromatic carbocycles. The Bertz CT molecular complexity index is 296. The number of carbonyl (C=O) groups is 1. The number of carbonyl (C=O) groups excluding carboxylic acids is 1. The molecule has 0 saturated carbocycles. The standard InChI is InChI=1S/C9H14N2O3/c1-2-13-9(12)8-6-7(14-11-8)4-3-5-10/h6H,2-5,10H2,1H3. The van der Waals surface area contributed by atoms with E-state index in [1.807, 2.05) is 0 Å². The van der Waals surface area contributed by atoms with Crippen LogP contribution in [0.2, 0.25) is 0 Å². The average molecular weight is 198 g/mol. The molecule has 0 radical (unpaired) electrons. The van der Waals surface area contributed by atoms with Crippen LogP contribution in [0, 0.1) is 0 Å². The van der Waals surface area contributed by atoms with Crippen molar-refractivity contribution in [2.45, 2.75) is 19.8 Å². The van der Waals surface area contributed by atoms with Gasteiger partial charge in [-0.05, 0) is 19.9 Å². The summed E-state index contributed by atoms with van der Waals surface area (Å²) in [7, 11) is 0. The highest BCUT2D eigenvalue weighted by atomic mass is 16.5. The van der Waals surface area contributed by atoms with Crippen LogP contribution in [0.3, 0.4) is 0 Å². The molecular formula is C9H14N2O3. The van der Waals surface area contributed by atoms with Gasteiger partial charge in [-0.15, -0.1) is 0 Å². The molecule has 0 saturated heterocycles. The maximum absolute atomic E-state index is 11.2. The lowest BCUT2D eigenvalue weighted by Gasteiger charge is -1.94. The van der Waals surface area contributed by atoms with Gasteiger partial charge in [0.15, 0.2) is 5.69 Å². The van der Waals surface area contributed by atoms with Crippen molar-refractivity contribution in [3.05, 3.63) is 17.5 Å². The van der Waals surface area contributed by atoms with Crippen molar-refractivity contribution in [2.75, 3.05) is 13.2 Å². The van der Waals surface area contributed by atoms with Crippen LogP contribution in [0.4, 0.5) is 0 Å². The van der Waals surface area contributed by atoms with E-state index < -0.39 is 5.97 Å². The van der Waals surface area contributed by atoms with E-state index in [1.165, 1.54) is 0 Å². The van der Waals surface area contributed by atoms with E-state index >= 15 is 0 Å². The topological polar surface area (TPSA) is 78.4 Å². The maximum atomic E-state index is 11.2. The smallest absolute Gasteiger partial charge is 0.360 e. The molecule has 1 aromatic rings. The van der Waals surface area contributed by atoms with Gasteiger partial charge in [0.1, 0.15) is 5.76 Å². The summed E-state index contributed by atoms with van der Waals surface area (Å²) >= 11 is 0. The van der Waals surface area contributed by atoms with Gasteiger partial charge in [0.25, 0.3) is 0 Å². The number of hydrogen-bond acceptors (Lipinski definition) is 5. The number of nitrogens with zero attached hydrogens (tertiary/aromatic N) is 1. The quantitative estimate of drug-likeness (QED) is 0.706. The highest BCUT2D eigenvalue weighted by Gasteiger charge is 2.12. The van der Waals surface area contributed by atoms with Crippen LogP contribution < -0.4 is 5.73 Å². The lowest BCUT2D eigenvalue weighted by molar-refractivity contribution is 0.0514. The lowest BCUT2D eigenvalue weighted by atomic mass is 10.2. The third-order valence-corrected chi connectivity index (χ3v) is 1.67. The largest absolute Gasteiger partial charge is 0.461 e. The molecule has 0 aliphatic rings. The minimum atomic E-state index is -0.449. The van der Waals surface area contributed by atoms with Crippen LogP contribution in [-0.2, 0) is 11.2 Å². The summed E-state index contributed by atoms with van der Waals surface area (Å²) in [5.41, 5.74) is 5.56. The Morgan fingerprint density at radius 1 is 1.71 bits per heavy atom. The summed E-state index contributed by atoms with van der Waals surface area (Å²) in [5.74, 6) is 0.216. The van der Waals surface area contributed by atoms with Gasteiger partial charge >= 0.3 is 5.97 Å². The molecule has 5 heteroatoms. The van der Waals surface area contributed by atoms with Crippen LogP contribution in [-0.4, -0.2) is 24.3 Å². The third-order valence-electron chi connectivity index (χ3n) is 1.67. The van der Waals surface area contributed by atoms with Crippen LogP contribution >= 0.6 is 0 Å². The van der Waals surface area contributed by atoms with E-state index in [0.29, 0.717) is 25.3 Å². The fourth-order valence-corrected chi connectivity index (χ4v) is 1.01. The van der Waals surface area contributed by atoms with Gasteiger partial charge < -0.3 is 15.0 Å². The zero-order valence-corrected chi connectivity index (χ0v) is 8.16. The van der Waals surface area contributed by atoms with Crippen LogP contribution in [0.15, 0.2) is 10.6 Å². The zero-order valence-electron chi connectivity index (χ0n) is 8.16. The molecule has 0 unspecified atom stereocenters. The zero-order chi connectivity index (χ0) is 10.4. The molecule has 0 amide bonds. The number of nitrogens with two attached hydrogens (primary N) is 1. The van der Waals surface area contributed by atoms with Gasteiger partial charge in [-0.2, -0.15) is 0 Å². The van der Waals surface area contributed by atoms with Crippen molar-refractivity contribution in [3.8, 4) is 0 Å². The summed E-state index contributed by atoms with van der Waals surface area (Å²) < 4.78 is 9.69. The van der Waals surface area contributed by atoms with Gasteiger partial charge in [-0.3, -0.25) is 0 Å². The van der Waals surface area contributed by atoms with Gasteiger partial charge in [0.05, 0.1) is 6.61 Å². The Morgan fingerprint density at radius 2 is 2.50 bits per heavy atom. The summed E-state index contributed by atoms with van der Waals surface area (Å²) in [6.07, 6.45) is 1.51. The van der Waals surface area contributed by atoms with Gasteiger partial charge in [0.2, 0.25) is 0 Å². The van der Waals surface area contributed by atoms with Crippen LogP contribution in [0.1, 0.15) is 29.6 Å². The number of aromatic nitrogens is 1. The van der Waals surface area contributed by atoms with E-state index in [9.17, 15) is 4.79 Å². The molecule has 78 valence electrons. The molecule has 0 atom stereocenters. The van der Waals surface area contributed by atoms with Crippen molar-refractivity contribution in [2.24, 2.45) is 5.73 Å². The van der Waals surface area contributed by atoms with Crippen LogP contribution in [0.25, 0.3) is 0 Å². The minimum absolute atomic E-state index is 0.221. The SMILES string of the molecule is CCOC(=O)c1cc(CCCN)on1. The van der Waals surface area contributed by atoms with Gasteiger partial charge in [-0.25, -0.2) is 4.79 Å². The Labute approximate surface area is 82.2 Å². The van der Waals surface area contributed by atoms with Crippen LogP contribution in [0.5, 0.6) is 0 Å². The monoisotopic (exact) mass is 198 g/mol. The van der Waals surface area contributed by atoms with E-state index in [-0.39, 0.29) is 5.69 Å². The Hall–Kier alpha value is -1.36. The predicted molar refractivity (Wildman–Crippen MR) is 49.8 cm³/mol. The fourth-order valence-electron chi connectivity index (χ4n) is 1.01. The average Bonchev–Trinajstić information content (AvgIpc) is 2.63. The number of ether oxygens (including phenoxy) is 1. The van der Waals surface area contributed by atoms with Crippen molar-refractivity contribution >= 4 is 5.97 Å². The van der Waals surface area contributed by atoms with Gasteiger partial charge in [0, 0.05) is 12.5 Å². The number of rotatable bonds is 5. The second-order valence-electron chi connectivity index (χ2n) is 2.79. The van der Waals surface area contributed by atoms with E-state index in [0.717, 1.165) is 6.42 Å². The second-order valence-corrected chi connectivity index (χ2v) is 2.79. The highest BCUT2D eigenvalue weighted by molar-refractivity contribution is 5.87. The molecule has 1 heterocycles. The van der Waals surface area contributed by atoms with Crippen molar-refractivity contribution in [3.63, 3.8) is 0 Å². The first-order valence-corrected chi connectivity index (χ1v) is 4.60. The second kappa shape index (κ2) is 5.39. The number of esters is 1. The Balaban J connectivity index is 2.54. The first kappa shape index (κ1) is 10.7. The minimum Gasteiger partial charge on any atom is -0.461 e. The molecule has 0 spiro atoms. The molecule has 0 fully saturated rings. The molecule has 1 aromatic heterocycles. The fraction of sp³-hybridized carbons (Fsp3) is 0.556. The normalized spacial score (nSPS) is 10.1. The molecule has 1 rings (SSSR count). The van der Waals surface area contributed by atoms with Gasteiger partial charge in [-0.1, -0.05) is 5.16 Å². The first-order chi connectivity index (χ1) is 6.77. The third kappa shape index (κ3) is 2.85. The first-order valence-electron chi connectivity index (χ1n) is 4.60. The lowest BCUT2D eigenvalue weighted by Crippen LogP contribution is -2.04. The molecule has 5 nitrogen and oxygen atoms in total. The summed E-state index contributed by atoms with van der Waals surface area (Å²) in [6, 6.07) is 1.59. The molecular weight excluding hydrogens is 184 g/mol. The Kier molecular flexibility index (Phi) is 4.12. The van der Waals surface area contributed by atoms with Crippen molar-refractivity contribution in [1.82, 2.24) is 5.16 Å². The summed E-state index contributed by atoms with van der Waals surface area (Å²) in [4.78, 5) is 11.2. The summed E-state index contributed by atoms with van der Waals surface area (Å²) in [6.45, 7) is 2.67. The highest BCUT2D eigenvalue weighted by Crippen LogP contribution is 2.07. The number of aryl methyl sites for hydroxylation is 1.